The molecular weight excluding hydrogens is 521 g/mol. The van der Waals surface area contributed by atoms with E-state index in [-0.39, 0.29) is 29.8 Å². The van der Waals surface area contributed by atoms with Crippen molar-refractivity contribution in [3.05, 3.63) is 89.7 Å². The molecule has 1 atom stereocenters. The Bertz CT molecular complexity index is 1360. The number of para-hydroxylation sites is 1. The molecule has 3 aromatic rings. The SMILES string of the molecule is CCOC(=O)c1ccc(NC(=O)[C@@H]2CC(=O)N(CCc3ccc(OC)cc3)C(=Nc3ccccc3F)S2)cc1. The predicted molar refractivity (Wildman–Crippen MR) is 149 cm³/mol. The third kappa shape index (κ3) is 7.23. The van der Waals surface area contributed by atoms with Gasteiger partial charge in [-0.2, -0.15) is 0 Å². The van der Waals surface area contributed by atoms with Crippen LogP contribution in [0.15, 0.2) is 77.8 Å². The number of methoxy groups -OCH3 is 1. The van der Waals surface area contributed by atoms with E-state index in [0.29, 0.717) is 24.2 Å². The molecule has 0 spiro atoms. The zero-order valence-electron chi connectivity index (χ0n) is 21.6. The van der Waals surface area contributed by atoms with Crippen molar-refractivity contribution in [3.8, 4) is 5.75 Å². The van der Waals surface area contributed by atoms with Crippen LogP contribution in [0.25, 0.3) is 0 Å². The first-order valence-corrected chi connectivity index (χ1v) is 13.3. The highest BCUT2D eigenvalue weighted by Crippen LogP contribution is 2.31. The molecule has 1 aliphatic heterocycles. The second-order valence-electron chi connectivity index (χ2n) is 8.59. The average molecular weight is 550 g/mol. The molecule has 39 heavy (non-hydrogen) atoms. The quantitative estimate of drug-likeness (QED) is 0.368. The molecule has 10 heteroatoms. The van der Waals surface area contributed by atoms with E-state index >= 15 is 0 Å². The Morgan fingerprint density at radius 3 is 2.46 bits per heavy atom. The molecule has 0 aliphatic carbocycles. The fourth-order valence-electron chi connectivity index (χ4n) is 3.87. The molecule has 0 saturated carbocycles. The molecule has 1 N–H and O–H groups in total. The highest BCUT2D eigenvalue weighted by atomic mass is 32.2. The summed E-state index contributed by atoms with van der Waals surface area (Å²) in [5.41, 5.74) is 1.90. The van der Waals surface area contributed by atoms with E-state index in [4.69, 9.17) is 9.47 Å². The summed E-state index contributed by atoms with van der Waals surface area (Å²) in [4.78, 5) is 44.2. The van der Waals surface area contributed by atoms with Crippen LogP contribution in [0.4, 0.5) is 15.8 Å². The number of aliphatic imine (C=N–C) groups is 1. The Labute approximate surface area is 230 Å². The van der Waals surface area contributed by atoms with Crippen LogP contribution in [0.1, 0.15) is 29.3 Å². The topological polar surface area (TPSA) is 97.3 Å². The molecule has 0 bridgehead atoms. The van der Waals surface area contributed by atoms with Crippen LogP contribution in [0.5, 0.6) is 5.75 Å². The van der Waals surface area contributed by atoms with E-state index < -0.39 is 22.9 Å². The molecule has 3 aromatic carbocycles. The minimum atomic E-state index is -0.773. The summed E-state index contributed by atoms with van der Waals surface area (Å²) in [6.45, 7) is 2.30. The monoisotopic (exact) mass is 549 g/mol. The minimum absolute atomic E-state index is 0.0453. The van der Waals surface area contributed by atoms with Crippen LogP contribution in [0, 0.1) is 5.82 Å². The molecule has 202 valence electrons. The van der Waals surface area contributed by atoms with Gasteiger partial charge in [0.2, 0.25) is 11.8 Å². The van der Waals surface area contributed by atoms with Gasteiger partial charge in [0.15, 0.2) is 5.17 Å². The number of hydrogen-bond donors (Lipinski definition) is 1. The number of halogens is 1. The molecule has 0 unspecified atom stereocenters. The Balaban J connectivity index is 1.50. The average Bonchev–Trinajstić information content (AvgIpc) is 2.94. The van der Waals surface area contributed by atoms with Crippen LogP contribution in [0.3, 0.4) is 0 Å². The summed E-state index contributed by atoms with van der Waals surface area (Å²) in [6, 6.07) is 19.8. The number of hydrogen-bond acceptors (Lipinski definition) is 7. The summed E-state index contributed by atoms with van der Waals surface area (Å²) >= 11 is 1.11. The van der Waals surface area contributed by atoms with Crippen molar-refractivity contribution < 1.29 is 28.2 Å². The lowest BCUT2D eigenvalue weighted by atomic mass is 10.1. The second kappa shape index (κ2) is 13.1. The third-order valence-corrected chi connectivity index (χ3v) is 7.14. The van der Waals surface area contributed by atoms with Gasteiger partial charge in [0, 0.05) is 18.7 Å². The number of ether oxygens (including phenoxy) is 2. The summed E-state index contributed by atoms with van der Waals surface area (Å²) < 4.78 is 24.6. The summed E-state index contributed by atoms with van der Waals surface area (Å²) in [7, 11) is 1.59. The Hall–Kier alpha value is -4.18. The lowest BCUT2D eigenvalue weighted by Gasteiger charge is -2.32. The van der Waals surface area contributed by atoms with Crippen LogP contribution < -0.4 is 10.1 Å². The number of rotatable bonds is 9. The zero-order chi connectivity index (χ0) is 27.8. The molecule has 0 radical (unpaired) electrons. The maximum atomic E-state index is 14.4. The van der Waals surface area contributed by atoms with Gasteiger partial charge in [0.25, 0.3) is 0 Å². The predicted octanol–water partition coefficient (Wildman–Crippen LogP) is 5.21. The molecule has 8 nitrogen and oxygen atoms in total. The molecule has 1 heterocycles. The molecular formula is C29H28FN3O5S. The van der Waals surface area contributed by atoms with Gasteiger partial charge in [0.1, 0.15) is 22.5 Å². The van der Waals surface area contributed by atoms with Gasteiger partial charge in [0.05, 0.1) is 19.3 Å². The smallest absolute Gasteiger partial charge is 0.338 e. The van der Waals surface area contributed by atoms with Crippen LogP contribution in [-0.4, -0.2) is 53.4 Å². The van der Waals surface area contributed by atoms with Crippen molar-refractivity contribution in [2.75, 3.05) is 25.6 Å². The number of nitrogens with zero attached hydrogens (tertiary/aromatic N) is 2. The first-order valence-electron chi connectivity index (χ1n) is 12.4. The highest BCUT2D eigenvalue weighted by Gasteiger charge is 2.36. The molecule has 4 rings (SSSR count). The molecule has 1 aliphatic rings. The molecule has 1 fully saturated rings. The van der Waals surface area contributed by atoms with E-state index in [0.717, 1.165) is 23.1 Å². The number of nitrogens with one attached hydrogen (secondary N) is 1. The molecule has 0 aromatic heterocycles. The standard InChI is InChI=1S/C29H28FN3O5S/c1-3-38-28(36)20-10-12-21(13-11-20)31-27(35)25-18-26(34)33(17-16-19-8-14-22(37-2)15-9-19)29(39-25)32-24-7-5-4-6-23(24)30/h4-15,25H,3,16-18H2,1-2H3,(H,31,35)/t25-/m0/s1. The van der Waals surface area contributed by atoms with Crippen molar-refractivity contribution in [2.45, 2.75) is 25.0 Å². The zero-order valence-corrected chi connectivity index (χ0v) is 22.4. The maximum Gasteiger partial charge on any atom is 0.338 e. The van der Waals surface area contributed by atoms with Gasteiger partial charge in [-0.3, -0.25) is 14.5 Å². The van der Waals surface area contributed by atoms with Gasteiger partial charge in [-0.25, -0.2) is 14.2 Å². The van der Waals surface area contributed by atoms with Crippen molar-refractivity contribution in [1.29, 1.82) is 0 Å². The lowest BCUT2D eigenvalue weighted by molar-refractivity contribution is -0.129. The number of carbonyl (C=O) groups is 3. The Morgan fingerprint density at radius 2 is 1.79 bits per heavy atom. The Morgan fingerprint density at radius 1 is 1.08 bits per heavy atom. The number of amidine groups is 1. The van der Waals surface area contributed by atoms with Crippen LogP contribution in [0.2, 0.25) is 0 Å². The number of carbonyl (C=O) groups excluding carboxylic acids is 3. The number of thioether (sulfide) groups is 1. The van der Waals surface area contributed by atoms with Crippen molar-refractivity contribution in [1.82, 2.24) is 4.90 Å². The number of anilines is 1. The number of benzene rings is 3. The second-order valence-corrected chi connectivity index (χ2v) is 9.76. The van der Waals surface area contributed by atoms with Crippen LogP contribution >= 0.6 is 11.8 Å². The largest absolute Gasteiger partial charge is 0.497 e. The van der Waals surface area contributed by atoms with Crippen LogP contribution in [-0.2, 0) is 20.7 Å². The van der Waals surface area contributed by atoms with Gasteiger partial charge in [-0.05, 0) is 67.4 Å². The van der Waals surface area contributed by atoms with E-state index in [1.54, 1.807) is 50.4 Å². The Kier molecular flexibility index (Phi) is 9.32. The van der Waals surface area contributed by atoms with Gasteiger partial charge >= 0.3 is 5.97 Å². The fourth-order valence-corrected chi connectivity index (χ4v) is 4.98. The summed E-state index contributed by atoms with van der Waals surface area (Å²) in [6.07, 6.45) is 0.493. The first kappa shape index (κ1) is 27.8. The van der Waals surface area contributed by atoms with Crippen molar-refractivity contribution in [2.24, 2.45) is 4.99 Å². The van der Waals surface area contributed by atoms with Gasteiger partial charge in [-0.1, -0.05) is 36.0 Å². The molecule has 2 amide bonds. The van der Waals surface area contributed by atoms with Crippen molar-refractivity contribution in [3.63, 3.8) is 0 Å². The lowest BCUT2D eigenvalue weighted by Crippen LogP contribution is -2.46. The first-order chi connectivity index (χ1) is 18.9. The maximum absolute atomic E-state index is 14.4. The minimum Gasteiger partial charge on any atom is -0.497 e. The third-order valence-electron chi connectivity index (χ3n) is 5.95. The van der Waals surface area contributed by atoms with E-state index in [2.05, 4.69) is 10.3 Å². The number of amides is 2. The van der Waals surface area contributed by atoms with Gasteiger partial charge < -0.3 is 14.8 Å². The normalized spacial score (nSPS) is 16.2. The molecule has 1 saturated heterocycles. The summed E-state index contributed by atoms with van der Waals surface area (Å²) in [5.74, 6) is -0.924. The fraction of sp³-hybridized carbons (Fsp3) is 0.241. The van der Waals surface area contributed by atoms with E-state index in [1.807, 2.05) is 24.3 Å². The van der Waals surface area contributed by atoms with E-state index in [1.165, 1.54) is 17.0 Å². The summed E-state index contributed by atoms with van der Waals surface area (Å²) in [5, 5.41) is 2.27. The highest BCUT2D eigenvalue weighted by molar-refractivity contribution is 8.15. The van der Waals surface area contributed by atoms with E-state index in [9.17, 15) is 18.8 Å². The van der Waals surface area contributed by atoms with Gasteiger partial charge in [-0.15, -0.1) is 0 Å². The number of esters is 1. The van der Waals surface area contributed by atoms with Crippen molar-refractivity contribution >= 4 is 46.1 Å².